The number of nitrogens with one attached hydrogen (secondary N) is 2. The van der Waals surface area contributed by atoms with Gasteiger partial charge in [-0.3, -0.25) is 4.79 Å². The van der Waals surface area contributed by atoms with E-state index in [2.05, 4.69) is 15.3 Å². The van der Waals surface area contributed by atoms with Crippen molar-refractivity contribution in [1.29, 1.82) is 0 Å². The van der Waals surface area contributed by atoms with E-state index in [1.54, 1.807) is 17.5 Å². The van der Waals surface area contributed by atoms with Gasteiger partial charge in [0, 0.05) is 26.1 Å². The molecule has 154 valence electrons. The zero-order chi connectivity index (χ0) is 20.3. The van der Waals surface area contributed by atoms with Crippen LogP contribution in [0.25, 0.3) is 11.0 Å². The molecule has 3 heterocycles. The summed E-state index contributed by atoms with van der Waals surface area (Å²) in [4.78, 5) is 20.4. The number of hydrogen-bond donors (Lipinski definition) is 2. The van der Waals surface area contributed by atoms with E-state index in [1.807, 2.05) is 24.3 Å². The van der Waals surface area contributed by atoms with Crippen molar-refractivity contribution in [1.82, 2.24) is 19.6 Å². The van der Waals surface area contributed by atoms with Gasteiger partial charge in [0.2, 0.25) is 5.91 Å². The van der Waals surface area contributed by atoms with Gasteiger partial charge in [0.05, 0.1) is 17.0 Å². The maximum absolute atomic E-state index is 12.7. The first-order valence-electron chi connectivity index (χ1n) is 9.79. The van der Waals surface area contributed by atoms with Gasteiger partial charge in [0.25, 0.3) is 10.0 Å². The number of sulfonamides is 1. The van der Waals surface area contributed by atoms with Crippen molar-refractivity contribution in [2.75, 3.05) is 19.6 Å². The highest BCUT2D eigenvalue weighted by Gasteiger charge is 2.33. The molecule has 1 fully saturated rings. The lowest BCUT2D eigenvalue weighted by Gasteiger charge is -2.30. The molecule has 1 atom stereocenters. The summed E-state index contributed by atoms with van der Waals surface area (Å²) in [5.74, 6) is 0.539. The Morgan fingerprint density at radius 2 is 2.14 bits per heavy atom. The van der Waals surface area contributed by atoms with Crippen LogP contribution in [0.5, 0.6) is 0 Å². The predicted molar refractivity (Wildman–Crippen MR) is 113 cm³/mol. The zero-order valence-electron chi connectivity index (χ0n) is 16.0. The van der Waals surface area contributed by atoms with Crippen molar-refractivity contribution in [3.8, 4) is 0 Å². The number of carbonyl (C=O) groups excluding carboxylic acids is 1. The van der Waals surface area contributed by atoms with Crippen molar-refractivity contribution in [2.24, 2.45) is 5.92 Å². The minimum atomic E-state index is -3.50. The fourth-order valence-electron chi connectivity index (χ4n) is 3.65. The lowest BCUT2D eigenvalue weighted by molar-refractivity contribution is -0.126. The molecule has 29 heavy (non-hydrogen) atoms. The van der Waals surface area contributed by atoms with Crippen molar-refractivity contribution in [3.05, 3.63) is 47.6 Å². The molecular weight excluding hydrogens is 408 g/mol. The van der Waals surface area contributed by atoms with Gasteiger partial charge in [-0.05, 0) is 42.8 Å². The number of hydrogen-bond acceptors (Lipinski definition) is 5. The number of carbonyl (C=O) groups is 1. The Morgan fingerprint density at radius 1 is 1.28 bits per heavy atom. The SMILES string of the molecule is O=C(NCCCc1nc2ccccc2[nH]1)[C@@H]1CCCN(S(=O)(=O)c2cccs2)C1. The number of thiophene rings is 1. The highest BCUT2D eigenvalue weighted by Crippen LogP contribution is 2.26. The maximum Gasteiger partial charge on any atom is 0.252 e. The Hall–Kier alpha value is -2.23. The molecule has 0 unspecified atom stereocenters. The first kappa shape index (κ1) is 20.1. The van der Waals surface area contributed by atoms with E-state index < -0.39 is 10.0 Å². The second kappa shape index (κ2) is 8.64. The standard InChI is InChI=1S/C20H24N4O3S2/c25-20(21-11-3-9-18-22-16-7-1-2-8-17(16)23-18)15-6-4-12-24(14-15)29(26,27)19-10-5-13-28-19/h1-2,5,7-8,10,13,15H,3-4,6,9,11-12,14H2,(H,21,25)(H,22,23)/t15-/m1/s1. The number of benzene rings is 1. The average Bonchev–Trinajstić information content (AvgIpc) is 3.41. The number of amides is 1. The van der Waals surface area contributed by atoms with Gasteiger partial charge in [0.1, 0.15) is 10.0 Å². The quantitative estimate of drug-likeness (QED) is 0.561. The molecule has 1 saturated heterocycles. The van der Waals surface area contributed by atoms with Gasteiger partial charge in [0.15, 0.2) is 0 Å². The van der Waals surface area contributed by atoms with Gasteiger partial charge in [-0.1, -0.05) is 18.2 Å². The maximum atomic E-state index is 12.7. The van der Waals surface area contributed by atoms with Crippen LogP contribution in [0, 0.1) is 5.92 Å². The van der Waals surface area contributed by atoms with Crippen LogP contribution in [0.15, 0.2) is 46.0 Å². The summed E-state index contributed by atoms with van der Waals surface area (Å²) in [6, 6.07) is 11.2. The van der Waals surface area contributed by atoms with E-state index in [4.69, 9.17) is 0 Å². The molecule has 0 spiro atoms. The van der Waals surface area contributed by atoms with Crippen LogP contribution in [0.1, 0.15) is 25.1 Å². The third kappa shape index (κ3) is 4.52. The van der Waals surface area contributed by atoms with Crippen LogP contribution in [-0.4, -0.2) is 48.2 Å². The third-order valence-electron chi connectivity index (χ3n) is 5.17. The normalized spacial score (nSPS) is 18.1. The van der Waals surface area contributed by atoms with E-state index in [0.29, 0.717) is 30.1 Å². The Kier molecular flexibility index (Phi) is 5.98. The van der Waals surface area contributed by atoms with Gasteiger partial charge >= 0.3 is 0 Å². The molecule has 0 bridgehead atoms. The molecule has 0 saturated carbocycles. The topological polar surface area (TPSA) is 95.2 Å². The summed E-state index contributed by atoms with van der Waals surface area (Å²) in [5, 5.41) is 4.72. The van der Waals surface area contributed by atoms with E-state index in [1.165, 1.54) is 15.6 Å². The summed E-state index contributed by atoms with van der Waals surface area (Å²) < 4.78 is 27.2. The lowest BCUT2D eigenvalue weighted by Crippen LogP contribution is -2.45. The molecule has 2 aromatic heterocycles. The van der Waals surface area contributed by atoms with E-state index >= 15 is 0 Å². The molecule has 0 radical (unpaired) electrons. The molecular formula is C20H24N4O3S2. The number of H-pyrrole nitrogens is 1. The van der Waals surface area contributed by atoms with Crippen LogP contribution in [0.4, 0.5) is 0 Å². The minimum absolute atomic E-state index is 0.0688. The number of aromatic amines is 1. The van der Waals surface area contributed by atoms with Gasteiger partial charge in [-0.2, -0.15) is 4.31 Å². The van der Waals surface area contributed by atoms with E-state index in [0.717, 1.165) is 29.7 Å². The van der Waals surface area contributed by atoms with Crippen molar-refractivity contribution >= 4 is 38.3 Å². The summed E-state index contributed by atoms with van der Waals surface area (Å²) in [6.07, 6.45) is 2.93. The van der Waals surface area contributed by atoms with E-state index in [-0.39, 0.29) is 18.4 Å². The van der Waals surface area contributed by atoms with Crippen molar-refractivity contribution < 1.29 is 13.2 Å². The molecule has 0 aliphatic carbocycles. The fraction of sp³-hybridized carbons (Fsp3) is 0.400. The van der Waals surface area contributed by atoms with E-state index in [9.17, 15) is 13.2 Å². The number of imidazole rings is 1. The molecule has 2 N–H and O–H groups in total. The molecule has 4 rings (SSSR count). The van der Waals surface area contributed by atoms with Gasteiger partial charge in [-0.25, -0.2) is 13.4 Å². The largest absolute Gasteiger partial charge is 0.356 e. The van der Waals surface area contributed by atoms with Crippen molar-refractivity contribution in [3.63, 3.8) is 0 Å². The molecule has 1 amide bonds. The van der Waals surface area contributed by atoms with Crippen molar-refractivity contribution in [2.45, 2.75) is 29.9 Å². The monoisotopic (exact) mass is 432 g/mol. The van der Waals surface area contributed by atoms with Crippen LogP contribution in [0.2, 0.25) is 0 Å². The molecule has 9 heteroatoms. The lowest BCUT2D eigenvalue weighted by atomic mass is 9.99. The first-order chi connectivity index (χ1) is 14.0. The van der Waals surface area contributed by atoms with Crippen LogP contribution >= 0.6 is 11.3 Å². The average molecular weight is 433 g/mol. The summed E-state index contributed by atoms with van der Waals surface area (Å²) in [6.45, 7) is 1.26. The Bertz CT molecular complexity index is 1040. The molecule has 7 nitrogen and oxygen atoms in total. The van der Waals surface area contributed by atoms with Crippen LogP contribution in [0.3, 0.4) is 0 Å². The van der Waals surface area contributed by atoms with Crippen LogP contribution < -0.4 is 5.32 Å². The number of fused-ring (bicyclic) bond motifs is 1. The van der Waals surface area contributed by atoms with Gasteiger partial charge < -0.3 is 10.3 Å². The Morgan fingerprint density at radius 3 is 2.93 bits per heavy atom. The first-order valence-corrected chi connectivity index (χ1v) is 12.1. The molecule has 1 aliphatic rings. The fourth-order valence-corrected chi connectivity index (χ4v) is 6.32. The molecule has 1 aliphatic heterocycles. The predicted octanol–water partition coefficient (Wildman–Crippen LogP) is 2.77. The second-order valence-corrected chi connectivity index (χ2v) is 10.3. The molecule has 1 aromatic carbocycles. The highest BCUT2D eigenvalue weighted by atomic mass is 32.2. The Labute approximate surface area is 174 Å². The molecule has 3 aromatic rings. The number of rotatable bonds is 7. The number of nitrogens with zero attached hydrogens (tertiary/aromatic N) is 2. The summed E-state index contributed by atoms with van der Waals surface area (Å²) >= 11 is 1.21. The van der Waals surface area contributed by atoms with Crippen LogP contribution in [-0.2, 0) is 21.2 Å². The third-order valence-corrected chi connectivity index (χ3v) is 8.41. The smallest absolute Gasteiger partial charge is 0.252 e. The number of para-hydroxylation sites is 2. The zero-order valence-corrected chi connectivity index (χ0v) is 17.6. The van der Waals surface area contributed by atoms with Gasteiger partial charge in [-0.15, -0.1) is 11.3 Å². The minimum Gasteiger partial charge on any atom is -0.356 e. The summed E-state index contributed by atoms with van der Waals surface area (Å²) in [5.41, 5.74) is 1.96. The summed E-state index contributed by atoms with van der Waals surface area (Å²) in [7, 11) is -3.50. The number of aromatic nitrogens is 2. The second-order valence-electron chi connectivity index (χ2n) is 7.23. The Balaban J connectivity index is 1.27. The number of piperidine rings is 1. The number of aryl methyl sites for hydroxylation is 1. The highest BCUT2D eigenvalue weighted by molar-refractivity contribution is 7.91.